The highest BCUT2D eigenvalue weighted by Gasteiger charge is 2.17. The van der Waals surface area contributed by atoms with E-state index in [0.717, 1.165) is 23.9 Å². The highest BCUT2D eigenvalue weighted by atomic mass is 79.9. The third-order valence-electron chi connectivity index (χ3n) is 3.23. The molecule has 2 rings (SSSR count). The second kappa shape index (κ2) is 7.22. The zero-order valence-corrected chi connectivity index (χ0v) is 13.9. The van der Waals surface area contributed by atoms with Gasteiger partial charge in [-0.05, 0) is 54.1 Å². The highest BCUT2D eigenvalue weighted by molar-refractivity contribution is 9.10. The van der Waals surface area contributed by atoms with Crippen LogP contribution >= 0.6 is 27.3 Å². The molecule has 1 atom stereocenters. The van der Waals surface area contributed by atoms with Crippen molar-refractivity contribution in [3.05, 3.63) is 56.2 Å². The van der Waals surface area contributed by atoms with Gasteiger partial charge in [-0.1, -0.05) is 41.9 Å². The summed E-state index contributed by atoms with van der Waals surface area (Å²) >= 11 is 5.36. The molecule has 0 aliphatic heterocycles. The Kier molecular flexibility index (Phi) is 5.61. The number of aryl methyl sites for hydroxylation is 1. The van der Waals surface area contributed by atoms with Crippen LogP contribution in [0.15, 0.2) is 40.2 Å². The number of benzene rings is 1. The van der Waals surface area contributed by atoms with Gasteiger partial charge in [0, 0.05) is 9.35 Å². The van der Waals surface area contributed by atoms with E-state index in [1.54, 1.807) is 0 Å². The average molecular weight is 338 g/mol. The summed E-state index contributed by atoms with van der Waals surface area (Å²) in [5, 5.41) is 5.88. The molecule has 0 saturated carbocycles. The maximum Gasteiger partial charge on any atom is 0.0673 e. The largest absolute Gasteiger partial charge is 0.306 e. The second-order valence-corrected chi connectivity index (χ2v) is 6.47. The SMILES string of the molecule is CCCNC(c1ccc(Br)cc1)c1sccc1CC. The van der Waals surface area contributed by atoms with Crippen molar-refractivity contribution in [1.29, 1.82) is 0 Å². The zero-order chi connectivity index (χ0) is 13.7. The van der Waals surface area contributed by atoms with Crippen LogP contribution in [0.1, 0.15) is 42.3 Å². The number of hydrogen-bond acceptors (Lipinski definition) is 2. The van der Waals surface area contributed by atoms with Gasteiger partial charge >= 0.3 is 0 Å². The van der Waals surface area contributed by atoms with Gasteiger partial charge in [-0.3, -0.25) is 0 Å². The quantitative estimate of drug-likeness (QED) is 0.767. The molecule has 3 heteroatoms. The first kappa shape index (κ1) is 14.8. The van der Waals surface area contributed by atoms with Crippen molar-refractivity contribution < 1.29 is 0 Å². The van der Waals surface area contributed by atoms with Crippen LogP contribution in [0.3, 0.4) is 0 Å². The van der Waals surface area contributed by atoms with Crippen molar-refractivity contribution in [3.63, 3.8) is 0 Å². The van der Waals surface area contributed by atoms with E-state index in [2.05, 4.69) is 70.8 Å². The van der Waals surface area contributed by atoms with Gasteiger partial charge in [0.25, 0.3) is 0 Å². The fourth-order valence-electron chi connectivity index (χ4n) is 2.20. The van der Waals surface area contributed by atoms with Crippen molar-refractivity contribution >= 4 is 27.3 Å². The molecule has 19 heavy (non-hydrogen) atoms. The summed E-state index contributed by atoms with van der Waals surface area (Å²) in [6, 6.07) is 11.2. The predicted octanol–water partition coefficient (Wildman–Crippen LogP) is 5.16. The normalized spacial score (nSPS) is 12.6. The lowest BCUT2D eigenvalue weighted by Gasteiger charge is -2.19. The number of thiophene rings is 1. The number of hydrogen-bond donors (Lipinski definition) is 1. The maximum atomic E-state index is 3.68. The van der Waals surface area contributed by atoms with Crippen molar-refractivity contribution in [3.8, 4) is 0 Å². The van der Waals surface area contributed by atoms with E-state index < -0.39 is 0 Å². The Morgan fingerprint density at radius 2 is 1.89 bits per heavy atom. The van der Waals surface area contributed by atoms with Crippen LogP contribution in [0.2, 0.25) is 0 Å². The van der Waals surface area contributed by atoms with E-state index in [0.29, 0.717) is 6.04 Å². The summed E-state index contributed by atoms with van der Waals surface area (Å²) in [6.45, 7) is 5.48. The fourth-order valence-corrected chi connectivity index (χ4v) is 3.56. The first-order valence-electron chi connectivity index (χ1n) is 6.81. The van der Waals surface area contributed by atoms with Crippen LogP contribution in [0.4, 0.5) is 0 Å². The molecule has 0 radical (unpaired) electrons. The molecular weight excluding hydrogens is 318 g/mol. The highest BCUT2D eigenvalue weighted by Crippen LogP contribution is 2.30. The number of rotatable bonds is 6. The van der Waals surface area contributed by atoms with Gasteiger partial charge in [0.15, 0.2) is 0 Å². The van der Waals surface area contributed by atoms with Crippen LogP contribution in [0.25, 0.3) is 0 Å². The molecule has 1 heterocycles. The van der Waals surface area contributed by atoms with E-state index in [4.69, 9.17) is 0 Å². The predicted molar refractivity (Wildman–Crippen MR) is 88.0 cm³/mol. The third-order valence-corrected chi connectivity index (χ3v) is 4.78. The number of nitrogens with one attached hydrogen (secondary N) is 1. The summed E-state index contributed by atoms with van der Waals surface area (Å²) < 4.78 is 1.13. The van der Waals surface area contributed by atoms with Gasteiger partial charge in [0.05, 0.1) is 6.04 Å². The average Bonchev–Trinajstić information content (AvgIpc) is 2.89. The van der Waals surface area contributed by atoms with Gasteiger partial charge in [0.1, 0.15) is 0 Å². The molecule has 1 unspecified atom stereocenters. The summed E-state index contributed by atoms with van der Waals surface area (Å²) in [5.74, 6) is 0. The monoisotopic (exact) mass is 337 g/mol. The first-order chi connectivity index (χ1) is 9.26. The van der Waals surface area contributed by atoms with Gasteiger partial charge in [-0.15, -0.1) is 11.3 Å². The molecule has 102 valence electrons. The molecule has 1 aromatic carbocycles. The summed E-state index contributed by atoms with van der Waals surface area (Å²) in [5.41, 5.74) is 2.80. The standard InChI is InChI=1S/C16H20BrNS/c1-3-10-18-15(13-5-7-14(17)8-6-13)16-12(4-2)9-11-19-16/h5-9,11,15,18H,3-4,10H2,1-2H3. The van der Waals surface area contributed by atoms with Crippen molar-refractivity contribution in [2.45, 2.75) is 32.7 Å². The second-order valence-electron chi connectivity index (χ2n) is 4.60. The molecule has 0 aliphatic carbocycles. The van der Waals surface area contributed by atoms with Crippen LogP contribution in [-0.4, -0.2) is 6.54 Å². The minimum Gasteiger partial charge on any atom is -0.306 e. The van der Waals surface area contributed by atoms with E-state index in [1.807, 2.05) is 11.3 Å². The molecule has 0 amide bonds. The molecule has 0 bridgehead atoms. The van der Waals surface area contributed by atoms with Crippen LogP contribution < -0.4 is 5.32 Å². The topological polar surface area (TPSA) is 12.0 Å². The molecule has 2 aromatic rings. The van der Waals surface area contributed by atoms with E-state index in [9.17, 15) is 0 Å². The fraction of sp³-hybridized carbons (Fsp3) is 0.375. The third kappa shape index (κ3) is 3.68. The summed E-state index contributed by atoms with van der Waals surface area (Å²) in [4.78, 5) is 1.46. The molecule has 1 nitrogen and oxygen atoms in total. The lowest BCUT2D eigenvalue weighted by Crippen LogP contribution is -2.23. The Morgan fingerprint density at radius 1 is 1.16 bits per heavy atom. The van der Waals surface area contributed by atoms with Crippen molar-refractivity contribution in [1.82, 2.24) is 5.32 Å². The lowest BCUT2D eigenvalue weighted by molar-refractivity contribution is 0.602. The van der Waals surface area contributed by atoms with Gasteiger partial charge in [-0.2, -0.15) is 0 Å². The Morgan fingerprint density at radius 3 is 2.53 bits per heavy atom. The lowest BCUT2D eigenvalue weighted by atomic mass is 10.0. The Hall–Kier alpha value is -0.640. The number of halogens is 1. The van der Waals surface area contributed by atoms with Crippen LogP contribution in [-0.2, 0) is 6.42 Å². The molecule has 1 aromatic heterocycles. The Labute approximate surface area is 128 Å². The van der Waals surface area contributed by atoms with Crippen molar-refractivity contribution in [2.75, 3.05) is 6.54 Å². The summed E-state index contributed by atoms with van der Waals surface area (Å²) in [6.07, 6.45) is 2.25. The van der Waals surface area contributed by atoms with Crippen LogP contribution in [0, 0.1) is 0 Å². The van der Waals surface area contributed by atoms with Gasteiger partial charge in [0.2, 0.25) is 0 Å². The van der Waals surface area contributed by atoms with Gasteiger partial charge < -0.3 is 5.32 Å². The van der Waals surface area contributed by atoms with Gasteiger partial charge in [-0.25, -0.2) is 0 Å². The summed E-state index contributed by atoms with van der Waals surface area (Å²) in [7, 11) is 0. The first-order valence-corrected chi connectivity index (χ1v) is 8.48. The Balaban J connectivity index is 2.32. The smallest absolute Gasteiger partial charge is 0.0673 e. The molecule has 1 N–H and O–H groups in total. The van der Waals surface area contributed by atoms with E-state index >= 15 is 0 Å². The van der Waals surface area contributed by atoms with E-state index in [-0.39, 0.29) is 0 Å². The molecule has 0 saturated heterocycles. The van der Waals surface area contributed by atoms with E-state index in [1.165, 1.54) is 16.0 Å². The zero-order valence-electron chi connectivity index (χ0n) is 11.4. The molecular formula is C16H20BrNS. The Bertz CT molecular complexity index is 504. The molecule has 0 spiro atoms. The minimum absolute atomic E-state index is 0.322. The maximum absolute atomic E-state index is 3.68. The molecule has 0 fully saturated rings. The van der Waals surface area contributed by atoms with Crippen LogP contribution in [0.5, 0.6) is 0 Å². The minimum atomic E-state index is 0.322. The van der Waals surface area contributed by atoms with Crippen molar-refractivity contribution in [2.24, 2.45) is 0 Å². The molecule has 0 aliphatic rings.